The Balaban J connectivity index is 1.37. The van der Waals surface area contributed by atoms with Gasteiger partial charge in [0.15, 0.2) is 0 Å². The van der Waals surface area contributed by atoms with Crippen LogP contribution in [0.5, 0.6) is 0 Å². The molecule has 0 saturated carbocycles. The van der Waals surface area contributed by atoms with Gasteiger partial charge in [-0.05, 0) is 41.3 Å². The largest absolute Gasteiger partial charge is 0.480 e. The highest BCUT2D eigenvalue weighted by Crippen LogP contribution is 2.19. The molecule has 1 aliphatic heterocycles. The van der Waals surface area contributed by atoms with Crippen LogP contribution in [-0.4, -0.2) is 59.0 Å². The molecule has 1 saturated heterocycles. The van der Waals surface area contributed by atoms with E-state index in [9.17, 15) is 14.7 Å². The minimum absolute atomic E-state index is 0.0107. The minimum atomic E-state index is -0.791. The van der Waals surface area contributed by atoms with E-state index in [1.165, 1.54) is 0 Å². The van der Waals surface area contributed by atoms with Gasteiger partial charge in [-0.3, -0.25) is 14.5 Å². The molecule has 0 aliphatic carbocycles. The summed E-state index contributed by atoms with van der Waals surface area (Å²) in [5.41, 5.74) is 1.83. The van der Waals surface area contributed by atoms with E-state index in [0.29, 0.717) is 38.2 Å². The number of benzene rings is 3. The first-order chi connectivity index (χ1) is 14.6. The molecule has 0 bridgehead atoms. The molecule has 154 valence electrons. The maximum Gasteiger partial charge on any atom is 0.320 e. The number of hydrogen-bond acceptors (Lipinski definition) is 3. The van der Waals surface area contributed by atoms with E-state index in [1.54, 1.807) is 0 Å². The van der Waals surface area contributed by atoms with Crippen LogP contribution in [0.1, 0.15) is 22.3 Å². The second-order valence-electron chi connectivity index (χ2n) is 7.77. The summed E-state index contributed by atoms with van der Waals surface area (Å²) >= 11 is 0. The van der Waals surface area contributed by atoms with E-state index in [-0.39, 0.29) is 5.91 Å². The number of nitrogens with zero attached hydrogens (tertiary/aromatic N) is 2. The standard InChI is InChI=1S/C25H26N2O3/c28-24(22-12-11-20-8-4-5-9-21(20)18-22)27-16-14-26(15-17-27)23(25(29)30)13-10-19-6-2-1-3-7-19/h1-9,11-12,18,23H,10,13-17H2,(H,29,30). The van der Waals surface area contributed by atoms with Gasteiger partial charge in [0.1, 0.15) is 6.04 Å². The number of piperazine rings is 1. The maximum atomic E-state index is 13.0. The van der Waals surface area contributed by atoms with Crippen LogP contribution in [0.15, 0.2) is 72.8 Å². The maximum absolute atomic E-state index is 13.0. The highest BCUT2D eigenvalue weighted by Gasteiger charge is 2.30. The molecule has 5 heteroatoms. The van der Waals surface area contributed by atoms with Crippen molar-refractivity contribution in [3.8, 4) is 0 Å². The molecule has 1 unspecified atom stereocenters. The molecule has 5 nitrogen and oxygen atoms in total. The van der Waals surface area contributed by atoms with Crippen LogP contribution in [0.2, 0.25) is 0 Å². The van der Waals surface area contributed by atoms with Gasteiger partial charge >= 0.3 is 5.97 Å². The monoisotopic (exact) mass is 402 g/mol. The fraction of sp³-hybridized carbons (Fsp3) is 0.280. The average Bonchev–Trinajstić information content (AvgIpc) is 2.79. The number of aliphatic carboxylic acids is 1. The number of hydrogen-bond donors (Lipinski definition) is 1. The van der Waals surface area contributed by atoms with Crippen LogP contribution >= 0.6 is 0 Å². The van der Waals surface area contributed by atoms with Crippen molar-refractivity contribution >= 4 is 22.6 Å². The van der Waals surface area contributed by atoms with E-state index in [2.05, 4.69) is 0 Å². The number of aryl methyl sites for hydroxylation is 1. The van der Waals surface area contributed by atoms with Gasteiger partial charge in [0, 0.05) is 31.7 Å². The van der Waals surface area contributed by atoms with Crippen LogP contribution < -0.4 is 0 Å². The first-order valence-corrected chi connectivity index (χ1v) is 10.4. The lowest BCUT2D eigenvalue weighted by atomic mass is 10.0. The minimum Gasteiger partial charge on any atom is -0.480 e. The van der Waals surface area contributed by atoms with Gasteiger partial charge in [-0.2, -0.15) is 0 Å². The Morgan fingerprint density at radius 2 is 1.50 bits per heavy atom. The number of amides is 1. The lowest BCUT2D eigenvalue weighted by Crippen LogP contribution is -2.54. The van der Waals surface area contributed by atoms with E-state index in [0.717, 1.165) is 22.8 Å². The number of rotatable bonds is 6. The zero-order valence-corrected chi connectivity index (χ0v) is 16.9. The summed E-state index contributed by atoms with van der Waals surface area (Å²) in [5.74, 6) is -0.781. The topological polar surface area (TPSA) is 60.9 Å². The number of fused-ring (bicyclic) bond motifs is 1. The van der Waals surface area contributed by atoms with Gasteiger partial charge in [-0.15, -0.1) is 0 Å². The molecule has 1 atom stereocenters. The SMILES string of the molecule is O=C(O)C(CCc1ccccc1)N1CCN(C(=O)c2ccc3ccccc3c2)CC1. The zero-order chi connectivity index (χ0) is 20.9. The van der Waals surface area contributed by atoms with Crippen molar-refractivity contribution in [2.24, 2.45) is 0 Å². The second-order valence-corrected chi connectivity index (χ2v) is 7.77. The van der Waals surface area contributed by atoms with Crippen LogP contribution in [0.25, 0.3) is 10.8 Å². The first kappa shape index (κ1) is 20.1. The van der Waals surface area contributed by atoms with Crippen molar-refractivity contribution in [2.45, 2.75) is 18.9 Å². The average molecular weight is 402 g/mol. The fourth-order valence-electron chi connectivity index (χ4n) is 4.15. The van der Waals surface area contributed by atoms with Gasteiger partial charge in [0.25, 0.3) is 5.91 Å². The smallest absolute Gasteiger partial charge is 0.320 e. The lowest BCUT2D eigenvalue weighted by Gasteiger charge is -2.37. The number of carboxylic acid groups (broad SMARTS) is 1. The van der Waals surface area contributed by atoms with E-state index < -0.39 is 12.0 Å². The highest BCUT2D eigenvalue weighted by molar-refractivity contribution is 5.98. The molecular formula is C25H26N2O3. The zero-order valence-electron chi connectivity index (χ0n) is 16.9. The lowest BCUT2D eigenvalue weighted by molar-refractivity contribution is -0.144. The number of carbonyl (C=O) groups excluding carboxylic acids is 1. The van der Waals surface area contributed by atoms with E-state index >= 15 is 0 Å². The predicted molar refractivity (Wildman–Crippen MR) is 118 cm³/mol. The first-order valence-electron chi connectivity index (χ1n) is 10.4. The van der Waals surface area contributed by atoms with Crippen LogP contribution in [0, 0.1) is 0 Å². The molecule has 3 aromatic rings. The Hall–Kier alpha value is -3.18. The Bertz CT molecular complexity index is 1030. The third-order valence-electron chi connectivity index (χ3n) is 5.87. The Morgan fingerprint density at radius 3 is 2.20 bits per heavy atom. The number of carbonyl (C=O) groups is 2. The van der Waals surface area contributed by atoms with Crippen molar-refractivity contribution < 1.29 is 14.7 Å². The molecule has 4 rings (SSSR count). The van der Waals surface area contributed by atoms with E-state index in [1.807, 2.05) is 82.6 Å². The summed E-state index contributed by atoms with van der Waals surface area (Å²) < 4.78 is 0. The van der Waals surface area contributed by atoms with Crippen molar-refractivity contribution in [3.05, 3.63) is 83.9 Å². The summed E-state index contributed by atoms with van der Waals surface area (Å²) in [6.07, 6.45) is 1.30. The van der Waals surface area contributed by atoms with Crippen LogP contribution in [0.3, 0.4) is 0 Å². The van der Waals surface area contributed by atoms with Crippen molar-refractivity contribution in [1.29, 1.82) is 0 Å². The van der Waals surface area contributed by atoms with Crippen molar-refractivity contribution in [2.75, 3.05) is 26.2 Å². The quantitative estimate of drug-likeness (QED) is 0.683. The van der Waals surface area contributed by atoms with Crippen LogP contribution in [0.4, 0.5) is 0 Å². The normalized spacial score (nSPS) is 15.8. The molecule has 3 aromatic carbocycles. The third-order valence-corrected chi connectivity index (χ3v) is 5.87. The number of carboxylic acids is 1. The van der Waals surface area contributed by atoms with Gasteiger partial charge in [0.05, 0.1) is 0 Å². The third kappa shape index (κ3) is 4.52. The summed E-state index contributed by atoms with van der Waals surface area (Å²) in [6, 6.07) is 23.2. The summed E-state index contributed by atoms with van der Waals surface area (Å²) in [6.45, 7) is 2.23. The van der Waals surface area contributed by atoms with Gasteiger partial charge < -0.3 is 10.0 Å². The molecule has 0 aromatic heterocycles. The second kappa shape index (κ2) is 9.09. The van der Waals surface area contributed by atoms with Gasteiger partial charge in [-0.25, -0.2) is 0 Å². The summed E-state index contributed by atoms with van der Waals surface area (Å²) in [4.78, 5) is 28.6. The molecule has 1 N–H and O–H groups in total. The molecule has 0 spiro atoms. The van der Waals surface area contributed by atoms with E-state index in [4.69, 9.17) is 0 Å². The van der Waals surface area contributed by atoms with Crippen molar-refractivity contribution in [1.82, 2.24) is 9.80 Å². The fourth-order valence-corrected chi connectivity index (χ4v) is 4.15. The molecule has 0 radical (unpaired) electrons. The Labute approximate surface area is 176 Å². The van der Waals surface area contributed by atoms with Crippen molar-refractivity contribution in [3.63, 3.8) is 0 Å². The highest BCUT2D eigenvalue weighted by atomic mass is 16.4. The van der Waals surface area contributed by atoms with Gasteiger partial charge in [-0.1, -0.05) is 60.7 Å². The molecule has 1 amide bonds. The summed E-state index contributed by atoms with van der Waals surface area (Å²) in [5, 5.41) is 11.9. The molecule has 1 fully saturated rings. The van der Waals surface area contributed by atoms with Crippen LogP contribution in [-0.2, 0) is 11.2 Å². The Morgan fingerprint density at radius 1 is 0.833 bits per heavy atom. The Kier molecular flexibility index (Phi) is 6.10. The molecular weight excluding hydrogens is 376 g/mol. The molecule has 30 heavy (non-hydrogen) atoms. The summed E-state index contributed by atoms with van der Waals surface area (Å²) in [7, 11) is 0. The predicted octanol–water partition coefficient (Wildman–Crippen LogP) is 3.68. The molecule has 1 heterocycles. The van der Waals surface area contributed by atoms with Gasteiger partial charge in [0.2, 0.25) is 0 Å². The molecule has 1 aliphatic rings.